The predicted molar refractivity (Wildman–Crippen MR) is 59.5 cm³/mol. The van der Waals surface area contributed by atoms with E-state index in [9.17, 15) is 0 Å². The topological polar surface area (TPSA) is 64.9 Å². The molecule has 4 nitrogen and oxygen atoms in total. The highest BCUT2D eigenvalue weighted by molar-refractivity contribution is 7.98. The fourth-order valence-corrected chi connectivity index (χ4v) is 2.00. The van der Waals surface area contributed by atoms with Gasteiger partial charge in [-0.05, 0) is 24.6 Å². The van der Waals surface area contributed by atoms with Crippen LogP contribution in [0.2, 0.25) is 0 Å². The number of hydrogen-bond donors (Lipinski definition) is 1. The Morgan fingerprint density at radius 1 is 1.53 bits per heavy atom. The third kappa shape index (κ3) is 2.50. The average molecular weight is 221 g/mol. The number of aromatic nitrogens is 2. The minimum atomic E-state index is 0.308. The average Bonchev–Trinajstić information content (AvgIpc) is 2.72. The summed E-state index contributed by atoms with van der Waals surface area (Å²) in [6.07, 6.45) is 3.39. The maximum Gasteiger partial charge on any atom is 0.221 e. The van der Waals surface area contributed by atoms with Crippen LogP contribution in [-0.4, -0.2) is 9.97 Å². The third-order valence-electron chi connectivity index (χ3n) is 1.88. The molecule has 78 valence electrons. The van der Waals surface area contributed by atoms with E-state index in [1.54, 1.807) is 24.2 Å². The van der Waals surface area contributed by atoms with Gasteiger partial charge in [-0.25, -0.2) is 9.97 Å². The normalized spacial score (nSPS) is 10.5. The Hall–Kier alpha value is -1.49. The van der Waals surface area contributed by atoms with Crippen LogP contribution >= 0.6 is 11.8 Å². The van der Waals surface area contributed by atoms with E-state index in [1.807, 2.05) is 19.1 Å². The van der Waals surface area contributed by atoms with Gasteiger partial charge in [0.2, 0.25) is 5.95 Å². The van der Waals surface area contributed by atoms with Gasteiger partial charge in [0, 0.05) is 6.20 Å². The molecule has 2 N–H and O–H groups in total. The van der Waals surface area contributed by atoms with Crippen molar-refractivity contribution in [1.82, 2.24) is 9.97 Å². The van der Waals surface area contributed by atoms with Crippen LogP contribution in [0.5, 0.6) is 0 Å². The van der Waals surface area contributed by atoms with Crippen LogP contribution in [0.15, 0.2) is 34.0 Å². The summed E-state index contributed by atoms with van der Waals surface area (Å²) in [5, 5.41) is 0.902. The number of rotatable bonds is 3. The minimum Gasteiger partial charge on any atom is -0.468 e. The van der Waals surface area contributed by atoms with Crippen LogP contribution in [-0.2, 0) is 5.75 Å². The first-order chi connectivity index (χ1) is 7.25. The first-order valence-corrected chi connectivity index (χ1v) is 5.48. The second-order valence-electron chi connectivity index (χ2n) is 3.08. The number of hydrogen-bond acceptors (Lipinski definition) is 5. The van der Waals surface area contributed by atoms with Gasteiger partial charge < -0.3 is 10.2 Å². The first kappa shape index (κ1) is 10.0. The van der Waals surface area contributed by atoms with E-state index in [0.29, 0.717) is 5.95 Å². The number of thioether (sulfide) groups is 1. The molecule has 15 heavy (non-hydrogen) atoms. The molecule has 0 aliphatic carbocycles. The number of nitrogen functional groups attached to an aromatic ring is 1. The van der Waals surface area contributed by atoms with E-state index in [2.05, 4.69) is 9.97 Å². The SMILES string of the molecule is Cc1cnc(N)nc1SCc1ccco1. The number of furan rings is 1. The van der Waals surface area contributed by atoms with Crippen molar-refractivity contribution in [1.29, 1.82) is 0 Å². The maximum absolute atomic E-state index is 5.52. The van der Waals surface area contributed by atoms with Gasteiger partial charge in [-0.15, -0.1) is 0 Å². The lowest BCUT2D eigenvalue weighted by Crippen LogP contribution is -1.97. The molecule has 0 spiro atoms. The monoisotopic (exact) mass is 221 g/mol. The van der Waals surface area contributed by atoms with Gasteiger partial charge in [0.1, 0.15) is 10.8 Å². The van der Waals surface area contributed by atoms with Crippen LogP contribution in [0.4, 0.5) is 5.95 Å². The highest BCUT2D eigenvalue weighted by atomic mass is 32.2. The van der Waals surface area contributed by atoms with E-state index < -0.39 is 0 Å². The second kappa shape index (κ2) is 4.35. The van der Waals surface area contributed by atoms with Crippen molar-refractivity contribution in [2.24, 2.45) is 0 Å². The predicted octanol–water partition coefficient (Wildman–Crippen LogP) is 2.25. The number of anilines is 1. The molecule has 2 rings (SSSR count). The molecule has 0 amide bonds. The van der Waals surface area contributed by atoms with Crippen molar-refractivity contribution >= 4 is 17.7 Å². The molecule has 0 saturated carbocycles. The number of nitrogens with zero attached hydrogens (tertiary/aromatic N) is 2. The summed E-state index contributed by atoms with van der Waals surface area (Å²) in [7, 11) is 0. The molecule has 0 aliphatic heterocycles. The van der Waals surface area contributed by atoms with Crippen molar-refractivity contribution in [2.45, 2.75) is 17.7 Å². The molecule has 0 aliphatic rings. The van der Waals surface area contributed by atoms with Gasteiger partial charge in [-0.3, -0.25) is 0 Å². The molecule has 2 aromatic heterocycles. The zero-order chi connectivity index (χ0) is 10.7. The maximum atomic E-state index is 5.52. The molecule has 2 heterocycles. The Balaban J connectivity index is 2.07. The summed E-state index contributed by atoms with van der Waals surface area (Å²) < 4.78 is 5.23. The molecular weight excluding hydrogens is 210 g/mol. The summed E-state index contributed by atoms with van der Waals surface area (Å²) in [4.78, 5) is 8.07. The van der Waals surface area contributed by atoms with E-state index in [-0.39, 0.29) is 0 Å². The highest BCUT2D eigenvalue weighted by Crippen LogP contribution is 2.24. The molecule has 0 saturated heterocycles. The second-order valence-corrected chi connectivity index (χ2v) is 4.05. The Morgan fingerprint density at radius 3 is 3.13 bits per heavy atom. The van der Waals surface area contributed by atoms with Crippen molar-refractivity contribution in [3.05, 3.63) is 35.9 Å². The fraction of sp³-hybridized carbons (Fsp3) is 0.200. The smallest absolute Gasteiger partial charge is 0.221 e. The van der Waals surface area contributed by atoms with Crippen LogP contribution in [0, 0.1) is 6.92 Å². The van der Waals surface area contributed by atoms with E-state index in [1.165, 1.54) is 0 Å². The lowest BCUT2D eigenvalue weighted by Gasteiger charge is -2.02. The summed E-state index contributed by atoms with van der Waals surface area (Å²) >= 11 is 1.59. The zero-order valence-electron chi connectivity index (χ0n) is 8.30. The summed E-state index contributed by atoms with van der Waals surface area (Å²) in [6, 6.07) is 3.81. The van der Waals surface area contributed by atoms with Gasteiger partial charge in [0.05, 0.1) is 12.0 Å². The summed E-state index contributed by atoms with van der Waals surface area (Å²) in [6.45, 7) is 1.96. The number of nitrogens with two attached hydrogens (primary N) is 1. The van der Waals surface area contributed by atoms with Gasteiger partial charge >= 0.3 is 0 Å². The van der Waals surface area contributed by atoms with Gasteiger partial charge in [0.25, 0.3) is 0 Å². The molecule has 0 unspecified atom stereocenters. The van der Waals surface area contributed by atoms with Gasteiger partial charge in [-0.2, -0.15) is 0 Å². The van der Waals surface area contributed by atoms with Crippen LogP contribution in [0.1, 0.15) is 11.3 Å². The standard InChI is InChI=1S/C10H11N3OS/c1-7-5-12-10(11)13-9(7)15-6-8-3-2-4-14-8/h2-5H,6H2,1H3,(H2,11,12,13). The summed E-state index contributed by atoms with van der Waals surface area (Å²) in [5.74, 6) is 1.99. The zero-order valence-corrected chi connectivity index (χ0v) is 9.12. The summed E-state index contributed by atoms with van der Waals surface area (Å²) in [5.41, 5.74) is 6.55. The van der Waals surface area contributed by atoms with E-state index in [4.69, 9.17) is 10.2 Å². The Morgan fingerprint density at radius 2 is 2.40 bits per heavy atom. The van der Waals surface area contributed by atoms with Crippen molar-refractivity contribution in [2.75, 3.05) is 5.73 Å². The van der Waals surface area contributed by atoms with Crippen molar-refractivity contribution in [3.8, 4) is 0 Å². The third-order valence-corrected chi connectivity index (χ3v) is 2.99. The van der Waals surface area contributed by atoms with Gasteiger partial charge in [0.15, 0.2) is 0 Å². The molecule has 0 radical (unpaired) electrons. The quantitative estimate of drug-likeness (QED) is 0.636. The minimum absolute atomic E-state index is 0.308. The number of aryl methyl sites for hydroxylation is 1. The van der Waals surface area contributed by atoms with Crippen LogP contribution < -0.4 is 5.73 Å². The van der Waals surface area contributed by atoms with Crippen LogP contribution in [0.3, 0.4) is 0 Å². The van der Waals surface area contributed by atoms with E-state index in [0.717, 1.165) is 22.1 Å². The molecule has 0 atom stereocenters. The molecule has 2 aromatic rings. The molecule has 0 bridgehead atoms. The Bertz CT molecular complexity index is 442. The first-order valence-electron chi connectivity index (χ1n) is 4.50. The van der Waals surface area contributed by atoms with Crippen molar-refractivity contribution in [3.63, 3.8) is 0 Å². The van der Waals surface area contributed by atoms with Crippen LogP contribution in [0.25, 0.3) is 0 Å². The van der Waals surface area contributed by atoms with Crippen molar-refractivity contribution < 1.29 is 4.42 Å². The van der Waals surface area contributed by atoms with E-state index >= 15 is 0 Å². The van der Waals surface area contributed by atoms with Gasteiger partial charge in [-0.1, -0.05) is 11.8 Å². The molecular formula is C10H11N3OS. The Kier molecular flexibility index (Phi) is 2.91. The Labute approximate surface area is 91.9 Å². The largest absolute Gasteiger partial charge is 0.468 e. The lowest BCUT2D eigenvalue weighted by atomic mass is 10.4. The molecule has 0 aromatic carbocycles. The molecule has 5 heteroatoms. The molecule has 0 fully saturated rings. The lowest BCUT2D eigenvalue weighted by molar-refractivity contribution is 0.530. The fourth-order valence-electron chi connectivity index (χ4n) is 1.12. The highest BCUT2D eigenvalue weighted by Gasteiger charge is 2.04.